The van der Waals surface area contributed by atoms with Crippen LogP contribution >= 0.6 is 0 Å². The summed E-state index contributed by atoms with van der Waals surface area (Å²) in [5, 5.41) is 12.1. The van der Waals surface area contributed by atoms with Crippen LogP contribution in [0.25, 0.3) is 0 Å². The quantitative estimate of drug-likeness (QED) is 0.824. The maximum Gasteiger partial charge on any atom is 0.147 e. The smallest absolute Gasteiger partial charge is 0.147 e. The molecule has 1 aliphatic heterocycles. The van der Waals surface area contributed by atoms with E-state index in [0.29, 0.717) is 11.3 Å². The molecule has 16 heavy (non-hydrogen) atoms. The van der Waals surface area contributed by atoms with Crippen LogP contribution in [0.5, 0.6) is 0 Å². The van der Waals surface area contributed by atoms with E-state index in [1.807, 2.05) is 6.07 Å². The lowest BCUT2D eigenvalue weighted by molar-refractivity contribution is 0.370. The normalized spacial score (nSPS) is 18.8. The Hall–Kier alpha value is -1.60. The molecule has 1 aliphatic rings. The summed E-state index contributed by atoms with van der Waals surface area (Å²) in [5.74, 6) is -0.383. The van der Waals surface area contributed by atoms with E-state index in [2.05, 4.69) is 5.32 Å². The third-order valence-corrected chi connectivity index (χ3v) is 2.94. The van der Waals surface area contributed by atoms with Gasteiger partial charge in [-0.15, -0.1) is 0 Å². The van der Waals surface area contributed by atoms with E-state index in [4.69, 9.17) is 5.26 Å². The van der Waals surface area contributed by atoms with E-state index >= 15 is 0 Å². The molecule has 0 bridgehead atoms. The van der Waals surface area contributed by atoms with Crippen LogP contribution in [0.15, 0.2) is 12.1 Å². The van der Waals surface area contributed by atoms with Crippen LogP contribution in [0, 0.1) is 17.1 Å². The van der Waals surface area contributed by atoms with Crippen LogP contribution in [-0.2, 0) is 0 Å². The molecule has 1 atom stereocenters. The van der Waals surface area contributed by atoms with Crippen molar-refractivity contribution in [2.24, 2.45) is 0 Å². The number of anilines is 1. The molecular weight excluding hydrogens is 205 g/mol. The predicted octanol–water partition coefficient (Wildman–Crippen LogP) is 1.80. The van der Waals surface area contributed by atoms with Crippen LogP contribution in [0.3, 0.4) is 0 Å². The minimum Gasteiger partial charge on any atom is -0.377 e. The Morgan fingerprint density at radius 1 is 1.50 bits per heavy atom. The highest BCUT2D eigenvalue weighted by molar-refractivity contribution is 5.60. The van der Waals surface area contributed by atoms with Gasteiger partial charge in [-0.1, -0.05) is 6.07 Å². The minimum atomic E-state index is -0.383. The zero-order chi connectivity index (χ0) is 11.7. The molecule has 1 heterocycles. The molecule has 2 rings (SSSR count). The zero-order valence-corrected chi connectivity index (χ0v) is 9.42. The van der Waals surface area contributed by atoms with Crippen LogP contribution < -0.4 is 10.2 Å². The number of hydrogen-bond donors (Lipinski definition) is 1. The van der Waals surface area contributed by atoms with Gasteiger partial charge in [-0.3, -0.25) is 0 Å². The van der Waals surface area contributed by atoms with Crippen molar-refractivity contribution in [2.75, 3.05) is 25.5 Å². The molecule has 1 aromatic rings. The number of rotatable bonds is 2. The number of nitrogens with zero attached hydrogens (tertiary/aromatic N) is 2. The van der Waals surface area contributed by atoms with Gasteiger partial charge in [0.25, 0.3) is 0 Å². The third-order valence-electron chi connectivity index (χ3n) is 2.94. The van der Waals surface area contributed by atoms with Gasteiger partial charge in [0.2, 0.25) is 0 Å². The van der Waals surface area contributed by atoms with E-state index in [1.54, 1.807) is 31.1 Å². The molecule has 1 aromatic carbocycles. The van der Waals surface area contributed by atoms with Gasteiger partial charge in [-0.05, 0) is 19.0 Å². The maximum atomic E-state index is 14.1. The fourth-order valence-corrected chi connectivity index (χ4v) is 1.88. The fourth-order valence-electron chi connectivity index (χ4n) is 1.88. The van der Waals surface area contributed by atoms with Crippen LogP contribution in [0.4, 0.5) is 10.1 Å². The van der Waals surface area contributed by atoms with E-state index < -0.39 is 0 Å². The van der Waals surface area contributed by atoms with Crippen molar-refractivity contribution >= 4 is 5.69 Å². The van der Waals surface area contributed by atoms with Gasteiger partial charge in [0, 0.05) is 25.7 Å². The number of halogens is 1. The summed E-state index contributed by atoms with van der Waals surface area (Å²) in [6.07, 6.45) is 0.934. The summed E-state index contributed by atoms with van der Waals surface area (Å²) in [7, 11) is 3.60. The van der Waals surface area contributed by atoms with E-state index in [9.17, 15) is 4.39 Å². The Bertz CT molecular complexity index is 444. The fraction of sp³-hybridized carbons (Fsp3) is 0.417. The summed E-state index contributed by atoms with van der Waals surface area (Å²) in [6.45, 7) is 0.918. The third kappa shape index (κ3) is 1.63. The summed E-state index contributed by atoms with van der Waals surface area (Å²) in [5.41, 5.74) is 1.37. The molecule has 0 aromatic heterocycles. The molecule has 0 amide bonds. The summed E-state index contributed by atoms with van der Waals surface area (Å²) < 4.78 is 14.1. The van der Waals surface area contributed by atoms with E-state index in [-0.39, 0.29) is 17.4 Å². The van der Waals surface area contributed by atoms with Gasteiger partial charge in [-0.25, -0.2) is 4.39 Å². The van der Waals surface area contributed by atoms with Crippen molar-refractivity contribution < 1.29 is 4.39 Å². The average Bonchev–Trinajstić information content (AvgIpc) is 2.17. The van der Waals surface area contributed by atoms with Gasteiger partial charge >= 0.3 is 0 Å². The second-order valence-electron chi connectivity index (χ2n) is 4.16. The largest absolute Gasteiger partial charge is 0.377 e. The standard InChI is InChI=1S/C12H14FN3/c1-16(2)11-4-3-8(10-5-6-15-10)12(13)9(11)7-14/h3-4,10,15H,5-6H2,1-2H3. The molecule has 0 spiro atoms. The van der Waals surface area contributed by atoms with Gasteiger partial charge in [0.05, 0.1) is 5.69 Å². The molecule has 1 unspecified atom stereocenters. The average molecular weight is 219 g/mol. The maximum absolute atomic E-state index is 14.1. The second kappa shape index (κ2) is 4.11. The predicted molar refractivity (Wildman–Crippen MR) is 60.8 cm³/mol. The molecule has 1 saturated heterocycles. The van der Waals surface area contributed by atoms with Crippen molar-refractivity contribution in [3.8, 4) is 6.07 Å². The first-order valence-corrected chi connectivity index (χ1v) is 5.28. The Balaban J connectivity index is 2.48. The SMILES string of the molecule is CN(C)c1ccc(C2CCN2)c(F)c1C#N. The highest BCUT2D eigenvalue weighted by Gasteiger charge is 2.24. The van der Waals surface area contributed by atoms with Crippen molar-refractivity contribution in [3.63, 3.8) is 0 Å². The topological polar surface area (TPSA) is 39.1 Å². The van der Waals surface area contributed by atoms with Gasteiger partial charge < -0.3 is 10.2 Å². The lowest BCUT2D eigenvalue weighted by Gasteiger charge is -2.29. The summed E-state index contributed by atoms with van der Waals surface area (Å²) in [4.78, 5) is 1.75. The molecule has 84 valence electrons. The van der Waals surface area contributed by atoms with Crippen LogP contribution in [-0.4, -0.2) is 20.6 Å². The van der Waals surface area contributed by atoms with Crippen molar-refractivity contribution in [1.82, 2.24) is 5.32 Å². The Labute approximate surface area is 94.5 Å². The molecule has 0 saturated carbocycles. The van der Waals surface area contributed by atoms with Crippen LogP contribution in [0.2, 0.25) is 0 Å². The second-order valence-corrected chi connectivity index (χ2v) is 4.16. The molecule has 0 radical (unpaired) electrons. The summed E-state index contributed by atoms with van der Waals surface area (Å²) >= 11 is 0. The Morgan fingerprint density at radius 2 is 2.19 bits per heavy atom. The van der Waals surface area contributed by atoms with Crippen LogP contribution in [0.1, 0.15) is 23.6 Å². The number of nitrogens with one attached hydrogen (secondary N) is 1. The van der Waals surface area contributed by atoms with Gasteiger partial charge in [-0.2, -0.15) is 5.26 Å². The Kier molecular flexibility index (Phi) is 2.80. The number of nitriles is 1. The van der Waals surface area contributed by atoms with Crippen molar-refractivity contribution in [1.29, 1.82) is 5.26 Å². The highest BCUT2D eigenvalue weighted by atomic mass is 19.1. The van der Waals surface area contributed by atoms with Crippen molar-refractivity contribution in [2.45, 2.75) is 12.5 Å². The molecule has 4 heteroatoms. The highest BCUT2D eigenvalue weighted by Crippen LogP contribution is 2.31. The lowest BCUT2D eigenvalue weighted by atomic mass is 9.95. The van der Waals surface area contributed by atoms with E-state index in [1.165, 1.54) is 0 Å². The minimum absolute atomic E-state index is 0.0725. The summed E-state index contributed by atoms with van der Waals surface area (Å²) in [6, 6.07) is 5.59. The molecule has 1 fully saturated rings. The first-order valence-electron chi connectivity index (χ1n) is 5.28. The zero-order valence-electron chi connectivity index (χ0n) is 9.42. The lowest BCUT2D eigenvalue weighted by Crippen LogP contribution is -2.35. The van der Waals surface area contributed by atoms with Gasteiger partial charge in [0.15, 0.2) is 0 Å². The first-order chi connectivity index (χ1) is 7.65. The van der Waals surface area contributed by atoms with E-state index in [0.717, 1.165) is 13.0 Å². The molecular formula is C12H14FN3. The number of benzene rings is 1. The molecule has 3 nitrogen and oxygen atoms in total. The molecule has 0 aliphatic carbocycles. The number of hydrogen-bond acceptors (Lipinski definition) is 3. The molecule has 1 N–H and O–H groups in total. The first kappa shape index (κ1) is 10.9. The van der Waals surface area contributed by atoms with Crippen molar-refractivity contribution in [3.05, 3.63) is 29.1 Å². The Morgan fingerprint density at radius 3 is 2.62 bits per heavy atom. The monoisotopic (exact) mass is 219 g/mol. The van der Waals surface area contributed by atoms with Gasteiger partial charge in [0.1, 0.15) is 17.4 Å².